The smallest absolute Gasteiger partial charge is 0.328 e. The second-order valence-electron chi connectivity index (χ2n) is 4.55. The molecule has 0 aliphatic carbocycles. The number of hydrogen-bond donors (Lipinski definition) is 0. The van der Waals surface area contributed by atoms with Crippen LogP contribution in [-0.4, -0.2) is 16.2 Å². The summed E-state index contributed by atoms with van der Waals surface area (Å²) in [5, 5.41) is 8.95. The highest BCUT2D eigenvalue weighted by atomic mass is 16.5. The van der Waals surface area contributed by atoms with Gasteiger partial charge in [-0.15, -0.1) is 0 Å². The van der Waals surface area contributed by atoms with Crippen LogP contribution in [0.15, 0.2) is 35.4 Å². The minimum absolute atomic E-state index is 0.0184. The molecule has 2 rings (SSSR count). The lowest BCUT2D eigenvalue weighted by Gasteiger charge is -2.06. The average Bonchev–Trinajstić information content (AvgIpc) is 2.80. The van der Waals surface area contributed by atoms with Gasteiger partial charge in [0.05, 0.1) is 19.2 Å². The van der Waals surface area contributed by atoms with Crippen LogP contribution in [0.25, 0.3) is 0 Å². The van der Waals surface area contributed by atoms with Crippen molar-refractivity contribution in [1.82, 2.24) is 9.13 Å². The van der Waals surface area contributed by atoms with Crippen LogP contribution in [0.4, 0.5) is 0 Å². The van der Waals surface area contributed by atoms with Gasteiger partial charge < -0.3 is 4.74 Å². The average molecular weight is 271 g/mol. The molecule has 0 spiro atoms. The Hall–Kier alpha value is -2.48. The molecule has 104 valence electrons. The van der Waals surface area contributed by atoms with Gasteiger partial charge in [0.15, 0.2) is 0 Å². The lowest BCUT2D eigenvalue weighted by Crippen LogP contribution is -2.24. The fourth-order valence-corrected chi connectivity index (χ4v) is 2.11. The first-order valence-electron chi connectivity index (χ1n) is 6.52. The van der Waals surface area contributed by atoms with Crippen LogP contribution in [0.1, 0.15) is 24.5 Å². The number of nitriles is 1. The Kier molecular flexibility index (Phi) is 4.26. The first-order valence-corrected chi connectivity index (χ1v) is 6.52. The van der Waals surface area contributed by atoms with Crippen molar-refractivity contribution in [2.75, 3.05) is 7.11 Å². The molecule has 0 atom stereocenters. The van der Waals surface area contributed by atoms with Crippen molar-refractivity contribution in [2.24, 2.45) is 0 Å². The summed E-state index contributed by atoms with van der Waals surface area (Å²) in [5.41, 5.74) is 1.40. The summed E-state index contributed by atoms with van der Waals surface area (Å²) < 4.78 is 8.52. The van der Waals surface area contributed by atoms with Gasteiger partial charge in [-0.1, -0.05) is 13.0 Å². The normalized spacial score (nSPS) is 10.2. The molecule has 2 aromatic rings. The second kappa shape index (κ2) is 6.11. The molecule has 1 aromatic carbocycles. The highest BCUT2D eigenvalue weighted by Gasteiger charge is 2.07. The number of ether oxygens (including phenoxy) is 1. The van der Waals surface area contributed by atoms with Crippen molar-refractivity contribution < 1.29 is 4.74 Å². The summed E-state index contributed by atoms with van der Waals surface area (Å²) in [6.07, 6.45) is 4.50. The number of aromatic nitrogens is 2. The summed E-state index contributed by atoms with van der Waals surface area (Å²) >= 11 is 0. The number of benzene rings is 1. The third-order valence-corrected chi connectivity index (χ3v) is 3.12. The third-order valence-electron chi connectivity index (χ3n) is 3.12. The van der Waals surface area contributed by atoms with E-state index in [1.165, 1.54) is 7.11 Å². The van der Waals surface area contributed by atoms with Crippen molar-refractivity contribution >= 4 is 0 Å². The number of rotatable bonds is 5. The maximum absolute atomic E-state index is 12.1. The molecule has 0 amide bonds. The Balaban J connectivity index is 2.27. The minimum Gasteiger partial charge on any atom is -0.495 e. The van der Waals surface area contributed by atoms with Crippen molar-refractivity contribution in [2.45, 2.75) is 26.4 Å². The SMILES string of the molecule is CCCn1ccn(Cc2ccc(C#N)c(OC)c2)c1=O. The van der Waals surface area contributed by atoms with E-state index in [9.17, 15) is 4.79 Å². The Morgan fingerprint density at radius 1 is 1.30 bits per heavy atom. The van der Waals surface area contributed by atoms with Gasteiger partial charge >= 0.3 is 5.69 Å². The maximum atomic E-state index is 12.1. The zero-order chi connectivity index (χ0) is 14.5. The third kappa shape index (κ3) is 2.75. The standard InChI is InChI=1S/C15H17N3O2/c1-3-6-17-7-8-18(15(17)19)11-12-4-5-13(10-16)14(9-12)20-2/h4-5,7-9H,3,6,11H2,1-2H3. The highest BCUT2D eigenvalue weighted by Crippen LogP contribution is 2.19. The molecule has 20 heavy (non-hydrogen) atoms. The zero-order valence-corrected chi connectivity index (χ0v) is 11.7. The number of nitrogens with zero attached hydrogens (tertiary/aromatic N) is 3. The molecule has 1 heterocycles. The van der Waals surface area contributed by atoms with E-state index in [1.807, 2.05) is 13.0 Å². The number of imidazole rings is 1. The highest BCUT2D eigenvalue weighted by molar-refractivity contribution is 5.45. The molecule has 5 heteroatoms. The van der Waals surface area contributed by atoms with Crippen LogP contribution in [0, 0.1) is 11.3 Å². The van der Waals surface area contributed by atoms with E-state index in [2.05, 4.69) is 6.07 Å². The molecule has 0 saturated carbocycles. The predicted molar refractivity (Wildman–Crippen MR) is 75.8 cm³/mol. The molecule has 0 N–H and O–H groups in total. The molecule has 5 nitrogen and oxygen atoms in total. The van der Waals surface area contributed by atoms with E-state index >= 15 is 0 Å². The molecule has 0 radical (unpaired) electrons. The number of methoxy groups -OCH3 is 1. The summed E-state index contributed by atoms with van der Waals surface area (Å²) in [4.78, 5) is 12.1. The van der Waals surface area contributed by atoms with Gasteiger partial charge in [0.25, 0.3) is 0 Å². The predicted octanol–water partition coefficient (Wildman–Crippen LogP) is 1.99. The maximum Gasteiger partial charge on any atom is 0.328 e. The summed E-state index contributed by atoms with van der Waals surface area (Å²) in [7, 11) is 1.53. The molecular formula is C15H17N3O2. The number of hydrogen-bond acceptors (Lipinski definition) is 3. The first-order chi connectivity index (χ1) is 9.69. The summed E-state index contributed by atoms with van der Waals surface area (Å²) in [6, 6.07) is 7.41. The molecule has 1 aromatic heterocycles. The van der Waals surface area contributed by atoms with Crippen molar-refractivity contribution in [3.05, 3.63) is 52.2 Å². The lowest BCUT2D eigenvalue weighted by molar-refractivity contribution is 0.412. The zero-order valence-electron chi connectivity index (χ0n) is 11.7. The fraction of sp³-hybridized carbons (Fsp3) is 0.333. The summed E-state index contributed by atoms with van der Waals surface area (Å²) in [5.74, 6) is 0.533. The van der Waals surface area contributed by atoms with Gasteiger partial charge in [0, 0.05) is 18.9 Å². The molecule has 0 saturated heterocycles. The van der Waals surface area contributed by atoms with Gasteiger partial charge in [-0.25, -0.2) is 4.79 Å². The first kappa shape index (κ1) is 13.9. The van der Waals surface area contributed by atoms with Crippen molar-refractivity contribution in [1.29, 1.82) is 5.26 Å². The number of aryl methyl sites for hydroxylation is 1. The van der Waals surface area contributed by atoms with E-state index in [1.54, 1.807) is 33.7 Å². The Bertz CT molecular complexity index is 692. The molecule has 0 bridgehead atoms. The largest absolute Gasteiger partial charge is 0.495 e. The van der Waals surface area contributed by atoms with Crippen molar-refractivity contribution in [3.63, 3.8) is 0 Å². The molecule has 0 fully saturated rings. The van der Waals surface area contributed by atoms with E-state index in [4.69, 9.17) is 10.00 Å². The van der Waals surface area contributed by atoms with Gasteiger partial charge in [-0.2, -0.15) is 5.26 Å². The van der Waals surface area contributed by atoms with E-state index in [-0.39, 0.29) is 5.69 Å². The van der Waals surface area contributed by atoms with Crippen LogP contribution >= 0.6 is 0 Å². The van der Waals surface area contributed by atoms with Gasteiger partial charge in [-0.05, 0) is 24.1 Å². The van der Waals surface area contributed by atoms with Gasteiger partial charge in [0.1, 0.15) is 11.8 Å². The Morgan fingerprint density at radius 3 is 2.70 bits per heavy atom. The van der Waals surface area contributed by atoms with Crippen molar-refractivity contribution in [3.8, 4) is 11.8 Å². The lowest BCUT2D eigenvalue weighted by atomic mass is 10.1. The van der Waals surface area contributed by atoms with Gasteiger partial charge in [-0.3, -0.25) is 9.13 Å². The quantitative estimate of drug-likeness (QED) is 0.835. The van der Waals surface area contributed by atoms with Crippen LogP contribution in [0.5, 0.6) is 5.75 Å². The fourth-order valence-electron chi connectivity index (χ4n) is 2.11. The monoisotopic (exact) mass is 271 g/mol. The molecule has 0 unspecified atom stereocenters. The van der Waals surface area contributed by atoms with Gasteiger partial charge in [0.2, 0.25) is 0 Å². The van der Waals surface area contributed by atoms with E-state index in [0.29, 0.717) is 17.9 Å². The van der Waals surface area contributed by atoms with E-state index < -0.39 is 0 Å². The van der Waals surface area contributed by atoms with Crippen LogP contribution < -0.4 is 10.4 Å². The Labute approximate surface area is 117 Å². The second-order valence-corrected chi connectivity index (χ2v) is 4.55. The molecule has 0 aliphatic heterocycles. The molecular weight excluding hydrogens is 254 g/mol. The van der Waals surface area contributed by atoms with Crippen LogP contribution in [0.3, 0.4) is 0 Å². The Morgan fingerprint density at radius 2 is 2.05 bits per heavy atom. The molecule has 0 aliphatic rings. The van der Waals surface area contributed by atoms with Crippen LogP contribution in [-0.2, 0) is 13.1 Å². The van der Waals surface area contributed by atoms with E-state index in [0.717, 1.165) is 18.5 Å². The minimum atomic E-state index is -0.0184. The van der Waals surface area contributed by atoms with Crippen LogP contribution in [0.2, 0.25) is 0 Å². The topological polar surface area (TPSA) is 59.9 Å². The summed E-state index contributed by atoms with van der Waals surface area (Å²) in [6.45, 7) is 3.23.